The fourth-order valence-corrected chi connectivity index (χ4v) is 1.15. The highest BCUT2D eigenvalue weighted by molar-refractivity contribution is 6.03. The molecule has 18 heavy (non-hydrogen) atoms. The predicted molar refractivity (Wildman–Crippen MR) is 68.6 cm³/mol. The van der Waals surface area contributed by atoms with Crippen molar-refractivity contribution in [3.05, 3.63) is 36.5 Å². The highest BCUT2D eigenvalue weighted by atomic mass is 16.6. The van der Waals surface area contributed by atoms with E-state index in [-0.39, 0.29) is 17.3 Å². The van der Waals surface area contributed by atoms with Crippen LogP contribution in [-0.4, -0.2) is 22.5 Å². The number of carbonyl (C=O) groups is 2. The average Bonchev–Trinajstić information content (AvgIpc) is 2.25. The molecule has 0 spiro atoms. The van der Waals surface area contributed by atoms with Gasteiger partial charge in [0.15, 0.2) is 0 Å². The van der Waals surface area contributed by atoms with Crippen LogP contribution in [0.5, 0.6) is 0 Å². The lowest BCUT2D eigenvalue weighted by Gasteiger charge is -2.19. The second-order valence-corrected chi connectivity index (χ2v) is 4.60. The van der Waals surface area contributed by atoms with Gasteiger partial charge in [-0.15, -0.1) is 0 Å². The Hall–Kier alpha value is -2.17. The molecule has 1 aromatic rings. The minimum atomic E-state index is -0.613. The zero-order valence-electron chi connectivity index (χ0n) is 10.7. The number of anilines is 1. The lowest BCUT2D eigenvalue weighted by Crippen LogP contribution is -2.27. The summed E-state index contributed by atoms with van der Waals surface area (Å²) in [5.74, 6) is -0.0419. The maximum atomic E-state index is 11.5. The molecule has 0 atom stereocenters. The SMILES string of the molecule is C=CC(=O)c1cccc(NC(=O)OC(C)(C)C)n1. The Labute approximate surface area is 106 Å². The minimum Gasteiger partial charge on any atom is -0.444 e. The molecule has 1 rings (SSSR count). The van der Waals surface area contributed by atoms with Gasteiger partial charge in [0.05, 0.1) is 0 Å². The number of allylic oxidation sites excluding steroid dienone is 1. The van der Waals surface area contributed by atoms with Crippen LogP contribution in [0.15, 0.2) is 30.9 Å². The summed E-state index contributed by atoms with van der Waals surface area (Å²) >= 11 is 0. The first kappa shape index (κ1) is 13.9. The molecule has 0 bridgehead atoms. The summed E-state index contributed by atoms with van der Waals surface area (Å²) in [5.41, 5.74) is -0.364. The van der Waals surface area contributed by atoms with Gasteiger partial charge >= 0.3 is 6.09 Å². The van der Waals surface area contributed by atoms with Gasteiger partial charge in [0.2, 0.25) is 5.78 Å². The molecule has 0 aliphatic rings. The van der Waals surface area contributed by atoms with Gasteiger partial charge < -0.3 is 4.74 Å². The maximum Gasteiger partial charge on any atom is 0.413 e. The normalized spacial score (nSPS) is 10.6. The van der Waals surface area contributed by atoms with Crippen molar-refractivity contribution in [1.29, 1.82) is 0 Å². The van der Waals surface area contributed by atoms with Gasteiger partial charge in [-0.3, -0.25) is 10.1 Å². The molecule has 0 aliphatic heterocycles. The number of nitrogens with zero attached hydrogens (tertiary/aromatic N) is 1. The summed E-state index contributed by atoms with van der Waals surface area (Å²) in [7, 11) is 0. The topological polar surface area (TPSA) is 68.3 Å². The van der Waals surface area contributed by atoms with Crippen LogP contribution in [0.1, 0.15) is 31.3 Å². The van der Waals surface area contributed by atoms with Crippen LogP contribution in [0.4, 0.5) is 10.6 Å². The summed E-state index contributed by atoms with van der Waals surface area (Å²) in [6.07, 6.45) is 0.553. The Morgan fingerprint density at radius 2 is 2.06 bits per heavy atom. The predicted octanol–water partition coefficient (Wildman–Crippen LogP) is 2.80. The van der Waals surface area contributed by atoms with Gasteiger partial charge in [0.1, 0.15) is 17.1 Å². The van der Waals surface area contributed by atoms with Gasteiger partial charge in [-0.1, -0.05) is 12.6 Å². The summed E-state index contributed by atoms with van der Waals surface area (Å²) in [6.45, 7) is 8.66. The van der Waals surface area contributed by atoms with E-state index in [4.69, 9.17) is 4.74 Å². The van der Waals surface area contributed by atoms with Crippen molar-refractivity contribution >= 4 is 17.7 Å². The molecule has 0 radical (unpaired) electrons. The molecule has 5 heteroatoms. The van der Waals surface area contributed by atoms with Crippen molar-refractivity contribution in [2.45, 2.75) is 26.4 Å². The third-order valence-corrected chi connectivity index (χ3v) is 1.82. The second kappa shape index (κ2) is 5.44. The first-order chi connectivity index (χ1) is 8.31. The fourth-order valence-electron chi connectivity index (χ4n) is 1.15. The fraction of sp³-hybridized carbons (Fsp3) is 0.308. The van der Waals surface area contributed by atoms with E-state index in [1.54, 1.807) is 39.0 Å². The molecule has 1 aromatic heterocycles. The van der Waals surface area contributed by atoms with Crippen molar-refractivity contribution in [2.24, 2.45) is 0 Å². The number of hydrogen-bond donors (Lipinski definition) is 1. The highest BCUT2D eigenvalue weighted by Crippen LogP contribution is 2.10. The molecular formula is C13H16N2O3. The Bertz CT molecular complexity index is 475. The third kappa shape index (κ3) is 4.37. The number of aromatic nitrogens is 1. The third-order valence-electron chi connectivity index (χ3n) is 1.82. The number of ketones is 1. The molecule has 0 fully saturated rings. The monoisotopic (exact) mass is 248 g/mol. The molecule has 0 saturated heterocycles. The molecule has 1 heterocycles. The Kier molecular flexibility index (Phi) is 4.20. The number of carbonyl (C=O) groups excluding carboxylic acids is 2. The lowest BCUT2D eigenvalue weighted by atomic mass is 10.2. The molecule has 1 N–H and O–H groups in total. The summed E-state index contributed by atoms with van der Waals surface area (Å²) in [4.78, 5) is 26.8. The van der Waals surface area contributed by atoms with E-state index < -0.39 is 11.7 Å². The van der Waals surface area contributed by atoms with Crippen LogP contribution < -0.4 is 5.32 Å². The van der Waals surface area contributed by atoms with Crippen LogP contribution >= 0.6 is 0 Å². The smallest absolute Gasteiger partial charge is 0.413 e. The Balaban J connectivity index is 2.77. The van der Waals surface area contributed by atoms with Crippen molar-refractivity contribution in [1.82, 2.24) is 4.98 Å². The van der Waals surface area contributed by atoms with Crippen molar-refractivity contribution < 1.29 is 14.3 Å². The van der Waals surface area contributed by atoms with Gasteiger partial charge in [0.25, 0.3) is 0 Å². The summed E-state index contributed by atoms with van der Waals surface area (Å²) < 4.78 is 5.07. The molecular weight excluding hydrogens is 232 g/mol. The molecule has 1 amide bonds. The van der Waals surface area contributed by atoms with E-state index in [0.29, 0.717) is 0 Å². The lowest BCUT2D eigenvalue weighted by molar-refractivity contribution is 0.0635. The zero-order valence-corrected chi connectivity index (χ0v) is 10.7. The van der Waals surface area contributed by atoms with Gasteiger partial charge in [-0.05, 0) is 39.0 Å². The number of rotatable bonds is 3. The maximum absolute atomic E-state index is 11.5. The quantitative estimate of drug-likeness (QED) is 0.659. The van der Waals surface area contributed by atoms with Crippen molar-refractivity contribution in [3.63, 3.8) is 0 Å². The van der Waals surface area contributed by atoms with Crippen LogP contribution in [-0.2, 0) is 4.74 Å². The first-order valence-electron chi connectivity index (χ1n) is 5.45. The second-order valence-electron chi connectivity index (χ2n) is 4.60. The minimum absolute atomic E-state index is 0.221. The summed E-state index contributed by atoms with van der Waals surface area (Å²) in [5, 5.41) is 2.46. The standard InChI is InChI=1S/C13H16N2O3/c1-5-10(16)9-7-6-8-11(14-9)15-12(17)18-13(2,3)4/h5-8H,1H2,2-4H3,(H,14,15,17). The van der Waals surface area contributed by atoms with Crippen molar-refractivity contribution in [3.8, 4) is 0 Å². The van der Waals surface area contributed by atoms with E-state index in [0.717, 1.165) is 0 Å². The largest absolute Gasteiger partial charge is 0.444 e. The first-order valence-corrected chi connectivity index (χ1v) is 5.45. The van der Waals surface area contributed by atoms with E-state index in [2.05, 4.69) is 16.9 Å². The number of pyridine rings is 1. The Morgan fingerprint density at radius 3 is 2.61 bits per heavy atom. The number of ether oxygens (including phenoxy) is 1. The molecule has 0 saturated carbocycles. The highest BCUT2D eigenvalue weighted by Gasteiger charge is 2.16. The van der Waals surface area contributed by atoms with Crippen molar-refractivity contribution in [2.75, 3.05) is 5.32 Å². The van der Waals surface area contributed by atoms with E-state index in [1.165, 1.54) is 6.08 Å². The van der Waals surface area contributed by atoms with Gasteiger partial charge in [0, 0.05) is 0 Å². The van der Waals surface area contributed by atoms with Crippen LogP contribution in [0.3, 0.4) is 0 Å². The molecule has 0 aromatic carbocycles. The van der Waals surface area contributed by atoms with Crippen LogP contribution in [0.25, 0.3) is 0 Å². The zero-order chi connectivity index (χ0) is 13.8. The number of amides is 1. The molecule has 0 aliphatic carbocycles. The van der Waals surface area contributed by atoms with E-state index in [9.17, 15) is 9.59 Å². The van der Waals surface area contributed by atoms with Crippen LogP contribution in [0.2, 0.25) is 0 Å². The Morgan fingerprint density at radius 1 is 1.39 bits per heavy atom. The molecule has 0 unspecified atom stereocenters. The van der Waals surface area contributed by atoms with Crippen LogP contribution in [0, 0.1) is 0 Å². The number of hydrogen-bond acceptors (Lipinski definition) is 4. The number of nitrogens with one attached hydrogen (secondary N) is 1. The summed E-state index contributed by atoms with van der Waals surface area (Å²) in [6, 6.07) is 4.74. The van der Waals surface area contributed by atoms with Gasteiger partial charge in [-0.25, -0.2) is 9.78 Å². The van der Waals surface area contributed by atoms with Gasteiger partial charge in [-0.2, -0.15) is 0 Å². The van der Waals surface area contributed by atoms with E-state index >= 15 is 0 Å². The molecule has 5 nitrogen and oxygen atoms in total. The van der Waals surface area contributed by atoms with E-state index in [1.807, 2.05) is 0 Å². The average molecular weight is 248 g/mol. The molecule has 96 valence electrons.